The highest BCUT2D eigenvalue weighted by atomic mass is 16.5. The summed E-state index contributed by atoms with van der Waals surface area (Å²) in [5.41, 5.74) is 0.0976. The average molecular weight is 567 g/mol. The van der Waals surface area contributed by atoms with Gasteiger partial charge < -0.3 is 23.7 Å². The lowest BCUT2D eigenvalue weighted by atomic mass is 9.85. The standard InChI is InChI=1S/C30H34N2O9/c1-6-19-10-12-30(3,16-22(19)24(34)15-25(35)29(36)38-7-2)41-18-20(31-37)17-40-26-9-8-21(32(4)5)14-27-28(26)23(33)11-13-39-27/h10-11,13-16,20-21,34H,6-7,12,17-18H2,1-5H3. The SMILES string of the molecule is CCOC(=O)C(=O)C=C(O)C1=CC(C)(OCC(COC2=c3c(=O)ccoc3=CC(N(C)C)C#C2)N=O)CC=C1CC. The van der Waals surface area contributed by atoms with Crippen LogP contribution in [0.4, 0.5) is 0 Å². The molecule has 0 saturated heterocycles. The van der Waals surface area contributed by atoms with E-state index in [4.69, 9.17) is 13.9 Å². The maximum atomic E-state index is 12.6. The minimum atomic E-state index is -1.07. The van der Waals surface area contributed by atoms with Crippen LogP contribution in [0.3, 0.4) is 0 Å². The lowest BCUT2D eigenvalue weighted by molar-refractivity contribution is -0.151. The Labute approximate surface area is 237 Å². The number of esters is 1. The summed E-state index contributed by atoms with van der Waals surface area (Å²) in [6.07, 6.45) is 8.31. The monoisotopic (exact) mass is 566 g/mol. The summed E-state index contributed by atoms with van der Waals surface area (Å²) >= 11 is 0. The Bertz CT molecular complexity index is 1520. The third-order valence-electron chi connectivity index (χ3n) is 6.46. The average Bonchev–Trinajstić information content (AvgIpc) is 3.13. The topological polar surface area (TPSA) is 145 Å². The van der Waals surface area contributed by atoms with Crippen molar-refractivity contribution in [3.8, 4) is 11.8 Å². The van der Waals surface area contributed by atoms with Crippen LogP contribution in [0.1, 0.15) is 33.6 Å². The molecule has 3 rings (SSSR count). The van der Waals surface area contributed by atoms with Crippen molar-refractivity contribution in [3.63, 3.8) is 0 Å². The van der Waals surface area contributed by atoms with Crippen LogP contribution in [0, 0.1) is 16.7 Å². The van der Waals surface area contributed by atoms with Crippen molar-refractivity contribution >= 4 is 23.6 Å². The molecule has 3 unspecified atom stereocenters. The predicted octanol–water partition coefficient (Wildman–Crippen LogP) is 1.64. The number of aliphatic hydroxyl groups is 1. The lowest BCUT2D eigenvalue weighted by Crippen LogP contribution is -2.41. The Hall–Kier alpha value is -4.27. The van der Waals surface area contributed by atoms with E-state index in [1.807, 2.05) is 32.0 Å². The molecule has 0 fully saturated rings. The molecule has 3 atom stereocenters. The third kappa shape index (κ3) is 7.90. The Kier molecular flexibility index (Phi) is 10.6. The van der Waals surface area contributed by atoms with Gasteiger partial charge in [0.25, 0.3) is 5.78 Å². The number of nitroso groups, excluding NO2 is 1. The van der Waals surface area contributed by atoms with E-state index in [1.165, 1.54) is 12.3 Å². The largest absolute Gasteiger partial charge is 0.507 e. The molecule has 218 valence electrons. The van der Waals surface area contributed by atoms with Gasteiger partial charge >= 0.3 is 5.97 Å². The van der Waals surface area contributed by atoms with E-state index in [1.54, 1.807) is 26.0 Å². The zero-order valence-corrected chi connectivity index (χ0v) is 23.8. The van der Waals surface area contributed by atoms with Crippen molar-refractivity contribution in [2.45, 2.75) is 51.3 Å². The normalized spacial score (nSPS) is 20.8. The number of hydrogen-bond acceptors (Lipinski definition) is 11. The fraction of sp³-hybridized carbons (Fsp3) is 0.433. The molecule has 0 amide bonds. The molecule has 1 aromatic heterocycles. The molecule has 1 aromatic rings. The van der Waals surface area contributed by atoms with Crippen LogP contribution in [0.25, 0.3) is 11.8 Å². The van der Waals surface area contributed by atoms with Gasteiger partial charge in [-0.3, -0.25) is 14.5 Å². The molecule has 11 nitrogen and oxygen atoms in total. The third-order valence-corrected chi connectivity index (χ3v) is 6.46. The molecule has 2 aliphatic rings. The maximum absolute atomic E-state index is 12.6. The smallest absolute Gasteiger partial charge is 0.379 e. The number of ether oxygens (including phenoxy) is 3. The molecule has 0 aromatic carbocycles. The summed E-state index contributed by atoms with van der Waals surface area (Å²) < 4.78 is 22.1. The predicted molar refractivity (Wildman–Crippen MR) is 151 cm³/mol. The fourth-order valence-corrected chi connectivity index (χ4v) is 4.16. The van der Waals surface area contributed by atoms with Gasteiger partial charge in [-0.25, -0.2) is 4.79 Å². The van der Waals surface area contributed by atoms with Gasteiger partial charge in [0.05, 0.1) is 31.1 Å². The van der Waals surface area contributed by atoms with E-state index in [9.17, 15) is 24.4 Å². The first kappa shape index (κ1) is 31.3. The van der Waals surface area contributed by atoms with Crippen LogP contribution in [0.2, 0.25) is 0 Å². The molecule has 11 heteroatoms. The Morgan fingerprint density at radius 2 is 2.07 bits per heavy atom. The zero-order valence-electron chi connectivity index (χ0n) is 23.8. The van der Waals surface area contributed by atoms with Crippen LogP contribution in [-0.2, 0) is 23.8 Å². The number of rotatable bonds is 13. The number of allylic oxidation sites excluding steroid dienone is 1. The number of carbonyl (C=O) groups is 2. The van der Waals surface area contributed by atoms with Gasteiger partial charge in [0, 0.05) is 17.7 Å². The van der Waals surface area contributed by atoms with Gasteiger partial charge in [-0.2, -0.15) is 4.91 Å². The highest BCUT2D eigenvalue weighted by Crippen LogP contribution is 2.33. The molecule has 1 heterocycles. The van der Waals surface area contributed by atoms with E-state index >= 15 is 0 Å². The molecule has 0 aliphatic heterocycles. The molecule has 2 aliphatic carbocycles. The van der Waals surface area contributed by atoms with Crippen molar-refractivity contribution < 1.29 is 33.3 Å². The highest BCUT2D eigenvalue weighted by Gasteiger charge is 2.30. The second kappa shape index (κ2) is 13.9. The lowest BCUT2D eigenvalue weighted by Gasteiger charge is -2.31. The van der Waals surface area contributed by atoms with E-state index in [0.29, 0.717) is 23.8 Å². The van der Waals surface area contributed by atoms with Crippen LogP contribution in [0.5, 0.6) is 0 Å². The van der Waals surface area contributed by atoms with E-state index < -0.39 is 29.2 Å². The number of nitrogens with zero attached hydrogens (tertiary/aromatic N) is 2. The number of hydrogen-bond donors (Lipinski definition) is 1. The van der Waals surface area contributed by atoms with E-state index in [2.05, 4.69) is 21.8 Å². The van der Waals surface area contributed by atoms with Crippen molar-refractivity contribution in [1.29, 1.82) is 0 Å². The molecule has 0 spiro atoms. The van der Waals surface area contributed by atoms with Gasteiger partial charge in [0.2, 0.25) is 0 Å². The minimum absolute atomic E-state index is 0.0321. The zero-order chi connectivity index (χ0) is 30.2. The summed E-state index contributed by atoms with van der Waals surface area (Å²) in [6.45, 7) is 4.89. The molecule has 0 bridgehead atoms. The molecular weight excluding hydrogens is 532 g/mol. The van der Waals surface area contributed by atoms with Crippen LogP contribution in [-0.4, -0.2) is 73.4 Å². The van der Waals surface area contributed by atoms with Gasteiger partial charge in [-0.05, 0) is 64.4 Å². The molecule has 41 heavy (non-hydrogen) atoms. The van der Waals surface area contributed by atoms with Crippen molar-refractivity contribution in [2.75, 3.05) is 33.9 Å². The fourth-order valence-electron chi connectivity index (χ4n) is 4.16. The maximum Gasteiger partial charge on any atom is 0.379 e. The molecular formula is C30H34N2O9. The van der Waals surface area contributed by atoms with Crippen LogP contribution in [0.15, 0.2) is 61.9 Å². The first-order valence-electron chi connectivity index (χ1n) is 13.2. The Balaban J connectivity index is 1.78. The van der Waals surface area contributed by atoms with Crippen molar-refractivity contribution in [1.82, 2.24) is 4.90 Å². The first-order chi connectivity index (χ1) is 19.5. The first-order valence-corrected chi connectivity index (χ1v) is 13.2. The highest BCUT2D eigenvalue weighted by molar-refractivity contribution is 6.38. The van der Waals surface area contributed by atoms with Gasteiger partial charge in [0.15, 0.2) is 11.2 Å². The second-order valence-corrected chi connectivity index (χ2v) is 9.85. The van der Waals surface area contributed by atoms with E-state index in [0.717, 1.165) is 11.6 Å². The molecule has 1 N–H and O–H groups in total. The van der Waals surface area contributed by atoms with Crippen LogP contribution >= 0.6 is 0 Å². The van der Waals surface area contributed by atoms with Crippen molar-refractivity contribution in [3.05, 3.63) is 73.2 Å². The van der Waals surface area contributed by atoms with Gasteiger partial charge in [0.1, 0.15) is 29.0 Å². The summed E-state index contributed by atoms with van der Waals surface area (Å²) in [6, 6.07) is -0.0160. The summed E-state index contributed by atoms with van der Waals surface area (Å²) in [5, 5.41) is 13.9. The summed E-state index contributed by atoms with van der Waals surface area (Å²) in [5.74, 6) is 3.52. The van der Waals surface area contributed by atoms with Gasteiger partial charge in [-0.1, -0.05) is 24.1 Å². The Morgan fingerprint density at radius 3 is 2.73 bits per heavy atom. The van der Waals surface area contributed by atoms with Gasteiger partial charge in [-0.15, -0.1) is 0 Å². The summed E-state index contributed by atoms with van der Waals surface area (Å²) in [7, 11) is 3.68. The number of fused-ring (bicyclic) bond motifs is 1. The number of carbonyl (C=O) groups excluding carboxylic acids is 2. The number of aliphatic hydroxyl groups excluding tert-OH is 1. The van der Waals surface area contributed by atoms with Crippen LogP contribution < -0.4 is 16.1 Å². The Morgan fingerprint density at radius 1 is 1.32 bits per heavy atom. The number of ketones is 1. The summed E-state index contributed by atoms with van der Waals surface area (Å²) in [4.78, 5) is 49.9. The molecule has 0 radical (unpaired) electrons. The minimum Gasteiger partial charge on any atom is -0.507 e. The van der Waals surface area contributed by atoms with Crippen molar-refractivity contribution in [2.24, 2.45) is 5.18 Å². The quantitative estimate of drug-likeness (QED) is 0.0934. The molecule has 0 saturated carbocycles. The van der Waals surface area contributed by atoms with E-state index in [-0.39, 0.29) is 42.3 Å². The second-order valence-electron chi connectivity index (χ2n) is 9.85.